The third kappa shape index (κ3) is 4.58. The van der Waals surface area contributed by atoms with Crippen LogP contribution < -0.4 is 10.6 Å². The topological polar surface area (TPSA) is 84.0 Å². The van der Waals surface area contributed by atoms with Gasteiger partial charge in [0.25, 0.3) is 5.91 Å². The molecule has 2 N–H and O–H groups in total. The van der Waals surface area contributed by atoms with Gasteiger partial charge in [-0.3, -0.25) is 19.9 Å². The summed E-state index contributed by atoms with van der Waals surface area (Å²) in [5, 5.41) is 7.40. The summed E-state index contributed by atoms with van der Waals surface area (Å²) < 4.78 is 14.2. The number of amides is 2. The van der Waals surface area contributed by atoms with E-state index in [0.29, 0.717) is 16.5 Å². The molecule has 0 saturated carbocycles. The third-order valence-electron chi connectivity index (χ3n) is 3.83. The van der Waals surface area contributed by atoms with Crippen LogP contribution in [0, 0.1) is 11.2 Å². The summed E-state index contributed by atoms with van der Waals surface area (Å²) in [6.07, 6.45) is 3.33. The number of aromatic nitrogens is 2. The van der Waals surface area contributed by atoms with Crippen molar-refractivity contribution in [3.05, 3.63) is 59.5 Å². The maximum atomic E-state index is 14.2. The Labute approximate surface area is 165 Å². The molecule has 1 aromatic carbocycles. The van der Waals surface area contributed by atoms with Crippen molar-refractivity contribution in [2.24, 2.45) is 5.41 Å². The van der Waals surface area contributed by atoms with E-state index in [1.165, 1.54) is 23.5 Å². The van der Waals surface area contributed by atoms with Crippen LogP contribution in [-0.2, 0) is 4.79 Å². The number of anilines is 2. The van der Waals surface area contributed by atoms with Crippen LogP contribution in [0.3, 0.4) is 0 Å². The molecule has 0 radical (unpaired) electrons. The molecule has 8 heteroatoms. The molecule has 28 heavy (non-hydrogen) atoms. The Kier molecular flexibility index (Phi) is 5.51. The Balaban J connectivity index is 1.77. The lowest BCUT2D eigenvalue weighted by Crippen LogP contribution is -2.27. The summed E-state index contributed by atoms with van der Waals surface area (Å²) >= 11 is 1.23. The second-order valence-corrected chi connectivity index (χ2v) is 7.99. The van der Waals surface area contributed by atoms with Crippen molar-refractivity contribution >= 4 is 34.0 Å². The van der Waals surface area contributed by atoms with Crippen molar-refractivity contribution in [1.29, 1.82) is 0 Å². The van der Waals surface area contributed by atoms with Gasteiger partial charge < -0.3 is 5.32 Å². The number of thiazole rings is 1. The van der Waals surface area contributed by atoms with E-state index in [4.69, 9.17) is 0 Å². The van der Waals surface area contributed by atoms with Crippen LogP contribution in [0.25, 0.3) is 11.3 Å². The van der Waals surface area contributed by atoms with E-state index in [1.807, 2.05) is 6.07 Å². The second kappa shape index (κ2) is 7.85. The van der Waals surface area contributed by atoms with Crippen LogP contribution in [0.5, 0.6) is 0 Å². The number of pyridine rings is 1. The van der Waals surface area contributed by atoms with Gasteiger partial charge in [-0.25, -0.2) is 9.37 Å². The normalized spacial score (nSPS) is 11.1. The van der Waals surface area contributed by atoms with Gasteiger partial charge in [0.2, 0.25) is 5.91 Å². The van der Waals surface area contributed by atoms with E-state index in [2.05, 4.69) is 20.6 Å². The minimum atomic E-state index is -0.685. The lowest BCUT2D eigenvalue weighted by molar-refractivity contribution is -0.123. The molecule has 0 atom stereocenters. The molecule has 0 unspecified atom stereocenters. The number of benzene rings is 1. The quantitative estimate of drug-likeness (QED) is 0.674. The molecule has 0 fully saturated rings. The van der Waals surface area contributed by atoms with Gasteiger partial charge in [-0.05, 0) is 30.3 Å². The zero-order valence-electron chi connectivity index (χ0n) is 15.6. The Hall–Kier alpha value is -3.13. The smallest absolute Gasteiger partial charge is 0.260 e. The first-order valence-electron chi connectivity index (χ1n) is 8.52. The van der Waals surface area contributed by atoms with Crippen molar-refractivity contribution in [1.82, 2.24) is 9.97 Å². The van der Waals surface area contributed by atoms with Crippen LogP contribution in [0.2, 0.25) is 0 Å². The number of carbonyl (C=O) groups is 2. The molecule has 0 aliphatic rings. The summed E-state index contributed by atoms with van der Waals surface area (Å²) in [6.45, 7) is 5.30. The second-order valence-electron chi connectivity index (χ2n) is 7.13. The first-order valence-corrected chi connectivity index (χ1v) is 9.40. The van der Waals surface area contributed by atoms with E-state index in [9.17, 15) is 14.0 Å². The van der Waals surface area contributed by atoms with Crippen molar-refractivity contribution in [2.45, 2.75) is 20.8 Å². The van der Waals surface area contributed by atoms with Gasteiger partial charge in [0, 0.05) is 34.4 Å². The van der Waals surface area contributed by atoms with E-state index < -0.39 is 17.1 Å². The number of nitrogens with one attached hydrogen (secondary N) is 2. The number of nitrogens with zero attached hydrogens (tertiary/aromatic N) is 2. The van der Waals surface area contributed by atoms with E-state index in [-0.39, 0.29) is 11.5 Å². The number of hydrogen-bond donors (Lipinski definition) is 2. The van der Waals surface area contributed by atoms with Crippen LogP contribution in [0.15, 0.2) is 48.1 Å². The number of carbonyl (C=O) groups excluding carboxylic acids is 2. The van der Waals surface area contributed by atoms with Gasteiger partial charge in [-0.2, -0.15) is 0 Å². The van der Waals surface area contributed by atoms with E-state index >= 15 is 0 Å². The lowest BCUT2D eigenvalue weighted by atomic mass is 9.95. The molecule has 0 aliphatic heterocycles. The zero-order valence-corrected chi connectivity index (χ0v) is 16.4. The molecule has 0 spiro atoms. The van der Waals surface area contributed by atoms with Crippen molar-refractivity contribution in [3.8, 4) is 11.3 Å². The minimum Gasteiger partial charge on any atom is -0.326 e. The average Bonchev–Trinajstić information content (AvgIpc) is 3.11. The molecule has 3 aromatic rings. The Morgan fingerprint density at radius 3 is 2.61 bits per heavy atom. The van der Waals surface area contributed by atoms with Crippen molar-refractivity contribution < 1.29 is 14.0 Å². The highest BCUT2D eigenvalue weighted by atomic mass is 32.1. The predicted octanol–water partition coefficient (Wildman–Crippen LogP) is 4.58. The van der Waals surface area contributed by atoms with Crippen LogP contribution >= 0.6 is 11.3 Å². The molecule has 2 heterocycles. The van der Waals surface area contributed by atoms with E-state index in [0.717, 1.165) is 11.6 Å². The Morgan fingerprint density at radius 1 is 1.14 bits per heavy atom. The summed E-state index contributed by atoms with van der Waals surface area (Å²) in [7, 11) is 0. The molecule has 0 bridgehead atoms. The van der Waals surface area contributed by atoms with Crippen LogP contribution in [-0.4, -0.2) is 21.8 Å². The SMILES string of the molecule is CC(C)(C)C(=O)Nc1ccc(F)c(C(=O)Nc2nc(-c3cccnc3)cs2)c1. The maximum Gasteiger partial charge on any atom is 0.260 e. The Bertz CT molecular complexity index is 1010. The van der Waals surface area contributed by atoms with Gasteiger partial charge >= 0.3 is 0 Å². The van der Waals surface area contributed by atoms with Crippen LogP contribution in [0.4, 0.5) is 15.2 Å². The third-order valence-corrected chi connectivity index (χ3v) is 4.59. The van der Waals surface area contributed by atoms with Gasteiger partial charge in [0.1, 0.15) is 5.82 Å². The molecule has 2 aromatic heterocycles. The average molecular weight is 398 g/mol. The number of halogens is 1. The highest BCUT2D eigenvalue weighted by molar-refractivity contribution is 7.14. The van der Waals surface area contributed by atoms with Gasteiger partial charge in [0.15, 0.2) is 5.13 Å². The molecular weight excluding hydrogens is 379 g/mol. The molecular formula is C20H19FN4O2S. The fourth-order valence-electron chi connectivity index (χ4n) is 2.24. The van der Waals surface area contributed by atoms with Crippen molar-refractivity contribution in [3.63, 3.8) is 0 Å². The largest absolute Gasteiger partial charge is 0.326 e. The molecule has 144 valence electrons. The summed E-state index contributed by atoms with van der Waals surface area (Å²) in [5.41, 5.74) is 1.05. The van der Waals surface area contributed by atoms with Gasteiger partial charge in [-0.1, -0.05) is 20.8 Å². The van der Waals surface area contributed by atoms with Gasteiger partial charge in [0.05, 0.1) is 11.3 Å². The number of rotatable bonds is 4. The van der Waals surface area contributed by atoms with Crippen LogP contribution in [0.1, 0.15) is 31.1 Å². The summed E-state index contributed by atoms with van der Waals surface area (Å²) in [4.78, 5) is 33.0. The maximum absolute atomic E-state index is 14.2. The lowest BCUT2D eigenvalue weighted by Gasteiger charge is -2.18. The molecule has 2 amide bonds. The zero-order chi connectivity index (χ0) is 20.3. The molecule has 3 rings (SSSR count). The highest BCUT2D eigenvalue weighted by Gasteiger charge is 2.22. The Morgan fingerprint density at radius 2 is 1.93 bits per heavy atom. The fraction of sp³-hybridized carbons (Fsp3) is 0.200. The van der Waals surface area contributed by atoms with E-state index in [1.54, 1.807) is 44.6 Å². The highest BCUT2D eigenvalue weighted by Crippen LogP contribution is 2.25. The van der Waals surface area contributed by atoms with Gasteiger partial charge in [-0.15, -0.1) is 11.3 Å². The first kappa shape index (κ1) is 19.6. The minimum absolute atomic E-state index is 0.176. The molecule has 6 nitrogen and oxygen atoms in total. The first-order chi connectivity index (χ1) is 13.2. The monoisotopic (exact) mass is 398 g/mol. The molecule has 0 aliphatic carbocycles. The standard InChI is InChI=1S/C20H19FN4O2S/c1-20(2,3)18(27)23-13-6-7-15(21)14(9-13)17(26)25-19-24-16(11-28-19)12-5-4-8-22-10-12/h4-11H,1-3H3,(H,23,27)(H,24,25,26). The predicted molar refractivity (Wildman–Crippen MR) is 108 cm³/mol. The summed E-state index contributed by atoms with van der Waals surface area (Å²) in [6, 6.07) is 7.52. The van der Waals surface area contributed by atoms with Crippen molar-refractivity contribution in [2.75, 3.05) is 10.6 Å². The summed E-state index contributed by atoms with van der Waals surface area (Å²) in [5.74, 6) is -1.56. The molecule has 0 saturated heterocycles. The fourth-order valence-corrected chi connectivity index (χ4v) is 2.95. The number of hydrogen-bond acceptors (Lipinski definition) is 5.